The Kier molecular flexibility index (Phi) is 3.58. The van der Waals surface area contributed by atoms with Crippen molar-refractivity contribution in [3.05, 3.63) is 33.6 Å². The van der Waals surface area contributed by atoms with E-state index in [0.29, 0.717) is 16.0 Å². The summed E-state index contributed by atoms with van der Waals surface area (Å²) in [6.07, 6.45) is 2.32. The average Bonchev–Trinajstić information content (AvgIpc) is 2.91. The largest absolute Gasteiger partial charge is 0.249 e. The lowest BCUT2D eigenvalue weighted by Crippen LogP contribution is -2.40. The minimum Gasteiger partial charge on any atom is -0.249 e. The van der Waals surface area contributed by atoms with Crippen molar-refractivity contribution in [2.75, 3.05) is 10.7 Å². The van der Waals surface area contributed by atoms with Gasteiger partial charge in [0.1, 0.15) is 0 Å². The minimum atomic E-state index is 0.0454. The van der Waals surface area contributed by atoms with E-state index in [9.17, 15) is 0 Å². The van der Waals surface area contributed by atoms with Gasteiger partial charge in [-0.05, 0) is 30.4 Å². The summed E-state index contributed by atoms with van der Waals surface area (Å²) in [7, 11) is 0. The summed E-state index contributed by atoms with van der Waals surface area (Å²) in [4.78, 5) is 9.90. The lowest BCUT2D eigenvalue weighted by molar-refractivity contribution is 0.243. The Hall–Kier alpha value is 0.1000. The monoisotopic (exact) mass is 462 g/mol. The molecule has 2 aliphatic carbocycles. The average molecular weight is 465 g/mol. The summed E-state index contributed by atoms with van der Waals surface area (Å²) in [5.41, 5.74) is 4.15. The van der Waals surface area contributed by atoms with Gasteiger partial charge in [-0.25, -0.2) is 9.97 Å². The van der Waals surface area contributed by atoms with Crippen LogP contribution in [0.5, 0.6) is 0 Å². The molecule has 0 radical (unpaired) electrons. The second kappa shape index (κ2) is 5.05. The van der Waals surface area contributed by atoms with Gasteiger partial charge in [-0.1, -0.05) is 62.0 Å². The van der Waals surface area contributed by atoms with Crippen molar-refractivity contribution in [2.45, 2.75) is 31.1 Å². The Balaban J connectivity index is 2.04. The van der Waals surface area contributed by atoms with Gasteiger partial charge in [0.05, 0.1) is 32.5 Å². The summed E-state index contributed by atoms with van der Waals surface area (Å²) in [6, 6.07) is 3.65. The van der Waals surface area contributed by atoms with Crippen LogP contribution in [0.25, 0.3) is 11.0 Å². The van der Waals surface area contributed by atoms with Gasteiger partial charge in [-0.2, -0.15) is 0 Å². The SMILES string of the molecule is C[C@]1(CBr)[C@H]2CC[C@@]1(CBr)c1nc3cc(Cl)c(Cl)cc3nc12. The molecule has 6 heteroatoms. The van der Waals surface area contributed by atoms with Crippen LogP contribution in [-0.4, -0.2) is 20.6 Å². The summed E-state index contributed by atoms with van der Waals surface area (Å²) in [6.45, 7) is 2.36. The molecule has 1 aromatic heterocycles. The second-order valence-electron chi connectivity index (χ2n) is 6.57. The van der Waals surface area contributed by atoms with Crippen LogP contribution in [0.2, 0.25) is 10.0 Å². The van der Waals surface area contributed by atoms with E-state index >= 15 is 0 Å². The van der Waals surface area contributed by atoms with E-state index in [0.717, 1.165) is 39.5 Å². The Labute approximate surface area is 156 Å². The molecule has 1 saturated carbocycles. The van der Waals surface area contributed by atoms with Crippen LogP contribution in [0.4, 0.5) is 0 Å². The van der Waals surface area contributed by atoms with E-state index < -0.39 is 0 Å². The van der Waals surface area contributed by atoms with Crippen LogP contribution in [0, 0.1) is 5.41 Å². The highest BCUT2D eigenvalue weighted by atomic mass is 79.9. The smallest absolute Gasteiger partial charge is 0.0906 e. The highest BCUT2D eigenvalue weighted by molar-refractivity contribution is 9.09. The molecule has 2 bridgehead atoms. The zero-order valence-electron chi connectivity index (χ0n) is 12.0. The molecule has 0 spiro atoms. The fraction of sp³-hybridized carbons (Fsp3) is 0.500. The zero-order valence-corrected chi connectivity index (χ0v) is 16.7. The first kappa shape index (κ1) is 15.6. The molecule has 1 fully saturated rings. The van der Waals surface area contributed by atoms with Crippen LogP contribution in [0.1, 0.15) is 37.1 Å². The number of benzene rings is 1. The summed E-state index contributed by atoms with van der Waals surface area (Å²) in [5.74, 6) is 0.450. The number of hydrogen-bond acceptors (Lipinski definition) is 2. The molecule has 4 rings (SSSR count). The van der Waals surface area contributed by atoms with Gasteiger partial charge in [0.25, 0.3) is 0 Å². The molecule has 22 heavy (non-hydrogen) atoms. The van der Waals surface area contributed by atoms with Crippen LogP contribution in [-0.2, 0) is 5.41 Å². The number of fused-ring (bicyclic) bond motifs is 6. The van der Waals surface area contributed by atoms with Crippen LogP contribution < -0.4 is 0 Å². The molecule has 1 heterocycles. The van der Waals surface area contributed by atoms with Gasteiger partial charge in [0.2, 0.25) is 0 Å². The Morgan fingerprint density at radius 2 is 1.77 bits per heavy atom. The summed E-state index contributed by atoms with van der Waals surface area (Å²) >= 11 is 19.8. The molecular weight excluding hydrogens is 451 g/mol. The van der Waals surface area contributed by atoms with Crippen molar-refractivity contribution in [1.29, 1.82) is 0 Å². The molecule has 0 saturated heterocycles. The topological polar surface area (TPSA) is 25.8 Å². The van der Waals surface area contributed by atoms with Crippen molar-refractivity contribution < 1.29 is 0 Å². The van der Waals surface area contributed by atoms with Gasteiger partial charge in [-0.3, -0.25) is 0 Å². The number of aromatic nitrogens is 2. The molecule has 2 aromatic rings. The third-order valence-corrected chi connectivity index (χ3v) is 8.59. The highest BCUT2D eigenvalue weighted by Crippen LogP contribution is 2.68. The van der Waals surface area contributed by atoms with Crippen molar-refractivity contribution in [3.63, 3.8) is 0 Å². The molecule has 0 aliphatic heterocycles. The fourth-order valence-electron chi connectivity index (χ4n) is 4.32. The number of halogens is 4. The van der Waals surface area contributed by atoms with Crippen molar-refractivity contribution in [1.82, 2.24) is 9.97 Å². The van der Waals surface area contributed by atoms with Crippen LogP contribution in [0.15, 0.2) is 12.1 Å². The van der Waals surface area contributed by atoms with Gasteiger partial charge < -0.3 is 0 Å². The number of hydrogen-bond donors (Lipinski definition) is 0. The fourth-order valence-corrected chi connectivity index (χ4v) is 6.75. The summed E-state index contributed by atoms with van der Waals surface area (Å²) < 4.78 is 0. The van der Waals surface area contributed by atoms with E-state index in [-0.39, 0.29) is 10.8 Å². The third-order valence-electron chi connectivity index (χ3n) is 5.74. The van der Waals surface area contributed by atoms with Crippen LogP contribution in [0.3, 0.4) is 0 Å². The first-order valence-electron chi connectivity index (χ1n) is 7.26. The number of alkyl halides is 2. The maximum atomic E-state index is 6.15. The minimum absolute atomic E-state index is 0.0454. The number of rotatable bonds is 2. The standard InChI is InChI=1S/C16H14Br2Cl2N2/c1-15(6-17)8-2-3-16(15,7-18)14-13(8)21-11-4-9(19)10(20)5-12(11)22-14/h4-5,8H,2-3,6-7H2,1H3/t8-,15-,16+/m0/s1. The zero-order chi connectivity index (χ0) is 15.7. The normalized spacial score (nSPS) is 32.7. The molecular formula is C16H14Br2Cl2N2. The molecule has 0 unspecified atom stereocenters. The van der Waals surface area contributed by atoms with Gasteiger partial charge in [0, 0.05) is 22.0 Å². The molecule has 2 nitrogen and oxygen atoms in total. The Morgan fingerprint density at radius 3 is 2.36 bits per heavy atom. The molecule has 2 aliphatic rings. The third kappa shape index (κ3) is 1.73. The van der Waals surface area contributed by atoms with E-state index in [1.165, 1.54) is 6.42 Å². The van der Waals surface area contributed by atoms with E-state index in [2.05, 4.69) is 38.8 Å². The molecule has 3 atom stereocenters. The van der Waals surface area contributed by atoms with Crippen molar-refractivity contribution in [2.24, 2.45) is 5.41 Å². The highest BCUT2D eigenvalue weighted by Gasteiger charge is 2.65. The second-order valence-corrected chi connectivity index (χ2v) is 8.51. The van der Waals surface area contributed by atoms with Crippen LogP contribution >= 0.6 is 55.1 Å². The first-order valence-corrected chi connectivity index (χ1v) is 10.3. The molecule has 1 aromatic carbocycles. The maximum Gasteiger partial charge on any atom is 0.0906 e. The van der Waals surface area contributed by atoms with Gasteiger partial charge in [0.15, 0.2) is 0 Å². The van der Waals surface area contributed by atoms with E-state index in [4.69, 9.17) is 33.2 Å². The predicted octanol–water partition coefficient (Wildman–Crippen LogP) is 5.86. The van der Waals surface area contributed by atoms with Gasteiger partial charge >= 0.3 is 0 Å². The molecule has 0 amide bonds. The number of nitrogens with zero attached hydrogens (tertiary/aromatic N) is 2. The van der Waals surface area contributed by atoms with E-state index in [1.54, 1.807) is 0 Å². The lowest BCUT2D eigenvalue weighted by Gasteiger charge is -2.38. The summed E-state index contributed by atoms with van der Waals surface area (Å²) in [5, 5.41) is 2.92. The molecule has 0 N–H and O–H groups in total. The lowest BCUT2D eigenvalue weighted by atomic mass is 9.70. The Bertz CT molecular complexity index is 797. The Morgan fingerprint density at radius 1 is 1.14 bits per heavy atom. The molecule has 116 valence electrons. The maximum absolute atomic E-state index is 6.15. The first-order chi connectivity index (χ1) is 10.5. The van der Waals surface area contributed by atoms with Crippen molar-refractivity contribution in [3.8, 4) is 0 Å². The quantitative estimate of drug-likeness (QED) is 0.520. The van der Waals surface area contributed by atoms with E-state index in [1.807, 2.05) is 12.1 Å². The van der Waals surface area contributed by atoms with Crippen molar-refractivity contribution >= 4 is 66.1 Å². The predicted molar refractivity (Wildman–Crippen MR) is 98.9 cm³/mol. The van der Waals surface area contributed by atoms with Gasteiger partial charge in [-0.15, -0.1) is 0 Å².